The Morgan fingerprint density at radius 1 is 0.267 bits per heavy atom. The number of rotatable bonds is 0. The highest BCUT2D eigenvalue weighted by molar-refractivity contribution is 4.88. The molecule has 270 valence electrons. The van der Waals surface area contributed by atoms with Crippen LogP contribution in [0.3, 0.4) is 0 Å². The lowest BCUT2D eigenvalue weighted by Crippen LogP contribution is -2.61. The standard InChI is InChI=1S/C40H80O5/c41-38-36-34-32-30-28-26-24-22-20-18-16-14-12-10-8-6-4-2-1-3-5-7-9-11-13-15-17-19-21-23-25-27-29-31-33-35-37-39(42,43)40(38,44)45/h38,41-45H,1-37H2. The van der Waals surface area contributed by atoms with E-state index in [-0.39, 0.29) is 12.8 Å². The lowest BCUT2D eigenvalue weighted by atomic mass is 9.91. The van der Waals surface area contributed by atoms with Gasteiger partial charge in [-0.25, -0.2) is 0 Å². The van der Waals surface area contributed by atoms with Crippen LogP contribution in [0.15, 0.2) is 0 Å². The van der Waals surface area contributed by atoms with E-state index in [1.165, 1.54) is 180 Å². The van der Waals surface area contributed by atoms with E-state index in [2.05, 4.69) is 0 Å². The van der Waals surface area contributed by atoms with Gasteiger partial charge in [-0.1, -0.05) is 218 Å². The maximum absolute atomic E-state index is 10.4. The molecule has 1 atom stereocenters. The summed E-state index contributed by atoms with van der Waals surface area (Å²) in [4.78, 5) is 0. The Hall–Kier alpha value is -0.200. The minimum Gasteiger partial charge on any atom is -0.387 e. The molecule has 0 spiro atoms. The number of hydrogen-bond acceptors (Lipinski definition) is 5. The third-order valence-electron chi connectivity index (χ3n) is 10.6. The predicted octanol–water partition coefficient (Wildman–Crippen LogP) is 11.2. The van der Waals surface area contributed by atoms with Gasteiger partial charge in [-0.15, -0.1) is 0 Å². The summed E-state index contributed by atoms with van der Waals surface area (Å²) in [5.74, 6) is -5.60. The van der Waals surface area contributed by atoms with Crippen LogP contribution in [0.1, 0.15) is 238 Å². The molecule has 5 heteroatoms. The summed E-state index contributed by atoms with van der Waals surface area (Å²) in [5, 5.41) is 51.9. The molecule has 0 aliphatic heterocycles. The molecule has 5 N–H and O–H groups in total. The molecule has 0 amide bonds. The highest BCUT2D eigenvalue weighted by atomic mass is 16.6. The van der Waals surface area contributed by atoms with Gasteiger partial charge in [0.2, 0.25) is 11.6 Å². The second-order valence-corrected chi connectivity index (χ2v) is 15.0. The van der Waals surface area contributed by atoms with E-state index in [1.54, 1.807) is 0 Å². The zero-order chi connectivity index (χ0) is 32.7. The number of aliphatic hydroxyl groups excluding tert-OH is 1. The van der Waals surface area contributed by atoms with E-state index in [1.807, 2.05) is 0 Å². The second kappa shape index (κ2) is 29.9. The smallest absolute Gasteiger partial charge is 0.245 e. The lowest BCUT2D eigenvalue weighted by molar-refractivity contribution is -0.386. The Labute approximate surface area is 280 Å². The molecule has 1 aliphatic rings. The normalized spacial score (nSPS) is 26.7. The molecule has 5 nitrogen and oxygen atoms in total. The minimum atomic E-state index is -2.90. The molecule has 1 unspecified atom stereocenters. The fourth-order valence-corrected chi connectivity index (χ4v) is 7.19. The average molecular weight is 641 g/mol. The van der Waals surface area contributed by atoms with Crippen molar-refractivity contribution in [1.82, 2.24) is 0 Å². The maximum atomic E-state index is 10.4. The van der Waals surface area contributed by atoms with Gasteiger partial charge >= 0.3 is 0 Å². The Morgan fingerprint density at radius 3 is 0.667 bits per heavy atom. The summed E-state index contributed by atoms with van der Waals surface area (Å²) in [5.41, 5.74) is 0. The van der Waals surface area contributed by atoms with Crippen LogP contribution in [0.25, 0.3) is 0 Å². The first kappa shape index (κ1) is 42.8. The topological polar surface area (TPSA) is 101 Å². The van der Waals surface area contributed by atoms with Crippen molar-refractivity contribution in [3.05, 3.63) is 0 Å². The van der Waals surface area contributed by atoms with Gasteiger partial charge in [0.05, 0.1) is 0 Å². The van der Waals surface area contributed by atoms with Crippen molar-refractivity contribution in [2.45, 2.75) is 255 Å². The first-order valence-electron chi connectivity index (χ1n) is 20.5. The van der Waals surface area contributed by atoms with Crippen molar-refractivity contribution in [2.24, 2.45) is 0 Å². The lowest BCUT2D eigenvalue weighted by Gasteiger charge is -2.38. The van der Waals surface area contributed by atoms with Gasteiger partial charge in [-0.05, 0) is 12.8 Å². The zero-order valence-corrected chi connectivity index (χ0v) is 30.0. The molecule has 0 radical (unpaired) electrons. The fraction of sp³-hybridized carbons (Fsp3) is 1.00. The molecule has 0 aromatic carbocycles. The SMILES string of the molecule is OC1CCCCCCCCCCCCCCCCCCCCCCCCCCCCCCCCCCCCCC(O)(O)C1(O)O. The van der Waals surface area contributed by atoms with Crippen LogP contribution < -0.4 is 0 Å². The predicted molar refractivity (Wildman–Crippen MR) is 191 cm³/mol. The monoisotopic (exact) mass is 641 g/mol. The molecule has 0 saturated heterocycles. The Morgan fingerprint density at radius 2 is 0.444 bits per heavy atom. The highest BCUT2D eigenvalue weighted by Gasteiger charge is 2.51. The molecule has 0 aromatic heterocycles. The van der Waals surface area contributed by atoms with E-state index < -0.39 is 17.7 Å². The van der Waals surface area contributed by atoms with Gasteiger partial charge in [0.1, 0.15) is 6.10 Å². The Balaban J connectivity index is 2.25. The van der Waals surface area contributed by atoms with Gasteiger partial charge in [-0.3, -0.25) is 0 Å². The van der Waals surface area contributed by atoms with Crippen molar-refractivity contribution in [1.29, 1.82) is 0 Å². The van der Waals surface area contributed by atoms with Crippen LogP contribution in [0.2, 0.25) is 0 Å². The second-order valence-electron chi connectivity index (χ2n) is 15.0. The van der Waals surface area contributed by atoms with Crippen molar-refractivity contribution in [3.63, 3.8) is 0 Å². The quantitative estimate of drug-likeness (QED) is 0.170. The third-order valence-corrected chi connectivity index (χ3v) is 10.6. The molecule has 0 bridgehead atoms. The number of aliphatic hydroxyl groups is 5. The van der Waals surface area contributed by atoms with Crippen molar-refractivity contribution in [3.8, 4) is 0 Å². The van der Waals surface area contributed by atoms with Crippen LogP contribution in [-0.4, -0.2) is 43.2 Å². The molecule has 0 heterocycles. The zero-order valence-electron chi connectivity index (χ0n) is 30.0. The van der Waals surface area contributed by atoms with E-state index in [9.17, 15) is 25.5 Å². The van der Waals surface area contributed by atoms with Gasteiger partial charge in [0.15, 0.2) is 0 Å². The summed E-state index contributed by atoms with van der Waals surface area (Å²) < 4.78 is 0. The Kier molecular flexibility index (Phi) is 28.5. The van der Waals surface area contributed by atoms with Gasteiger partial charge < -0.3 is 25.5 Å². The van der Waals surface area contributed by atoms with Crippen LogP contribution in [0.5, 0.6) is 0 Å². The molecule has 1 rings (SSSR count). The maximum Gasteiger partial charge on any atom is 0.245 e. The van der Waals surface area contributed by atoms with Gasteiger partial charge in [-0.2, -0.15) is 0 Å². The van der Waals surface area contributed by atoms with Crippen LogP contribution >= 0.6 is 0 Å². The van der Waals surface area contributed by atoms with Crippen molar-refractivity contribution >= 4 is 0 Å². The molecular formula is C40H80O5. The molecule has 1 aliphatic carbocycles. The highest BCUT2D eigenvalue weighted by Crippen LogP contribution is 2.29. The molecule has 0 aromatic rings. The Bertz CT molecular complexity index is 607. The molecule has 1 fully saturated rings. The third kappa shape index (κ3) is 24.6. The summed E-state index contributed by atoms with van der Waals surface area (Å²) in [6, 6.07) is 0. The van der Waals surface area contributed by atoms with Gasteiger partial charge in [0, 0.05) is 6.42 Å². The number of hydrogen-bond donors (Lipinski definition) is 5. The van der Waals surface area contributed by atoms with E-state index in [4.69, 9.17) is 0 Å². The summed E-state index contributed by atoms with van der Waals surface area (Å²) in [6.45, 7) is 0. The average Bonchev–Trinajstić information content (AvgIpc) is 3.01. The van der Waals surface area contributed by atoms with Crippen LogP contribution in [0.4, 0.5) is 0 Å². The first-order valence-corrected chi connectivity index (χ1v) is 20.5. The van der Waals surface area contributed by atoms with Crippen LogP contribution in [0, 0.1) is 0 Å². The van der Waals surface area contributed by atoms with Gasteiger partial charge in [0.25, 0.3) is 0 Å². The van der Waals surface area contributed by atoms with Crippen molar-refractivity contribution < 1.29 is 25.5 Å². The van der Waals surface area contributed by atoms with Crippen LogP contribution in [-0.2, 0) is 0 Å². The fourth-order valence-electron chi connectivity index (χ4n) is 7.19. The largest absolute Gasteiger partial charge is 0.387 e. The minimum absolute atomic E-state index is 0.142. The van der Waals surface area contributed by atoms with E-state index in [0.29, 0.717) is 12.8 Å². The van der Waals surface area contributed by atoms with E-state index in [0.717, 1.165) is 32.1 Å². The summed E-state index contributed by atoms with van der Waals surface area (Å²) in [7, 11) is 0. The molecule has 1 saturated carbocycles. The summed E-state index contributed by atoms with van der Waals surface area (Å²) in [6.07, 6.45) is 43.1. The molecular weight excluding hydrogens is 560 g/mol. The van der Waals surface area contributed by atoms with Crippen molar-refractivity contribution in [2.75, 3.05) is 0 Å². The first-order chi connectivity index (χ1) is 21.9. The summed E-state index contributed by atoms with van der Waals surface area (Å²) >= 11 is 0. The molecule has 45 heavy (non-hydrogen) atoms. The van der Waals surface area contributed by atoms with E-state index >= 15 is 0 Å².